The number of benzene rings is 7. The van der Waals surface area contributed by atoms with E-state index in [0.717, 1.165) is 13.0 Å². The molecule has 1 heterocycles. The van der Waals surface area contributed by atoms with E-state index in [1.54, 1.807) is 0 Å². The van der Waals surface area contributed by atoms with Crippen LogP contribution >= 0.6 is 0 Å². The van der Waals surface area contributed by atoms with Crippen molar-refractivity contribution in [1.82, 2.24) is 5.32 Å². The Hall–Kier alpha value is -5.40. The molecule has 8 rings (SSSR count). The highest BCUT2D eigenvalue weighted by molar-refractivity contribution is 6.25. The van der Waals surface area contributed by atoms with E-state index < -0.39 is 0 Å². The van der Waals surface area contributed by atoms with Gasteiger partial charge in [0.05, 0.1) is 0 Å². The third kappa shape index (κ3) is 4.70. The molecule has 1 nitrogen and oxygen atoms in total. The van der Waals surface area contributed by atoms with E-state index in [4.69, 9.17) is 0 Å². The van der Waals surface area contributed by atoms with E-state index in [2.05, 4.69) is 157 Å². The standard InChI is InChI=1S/C42H31N/c1-2-10-30(11-3-1)34-25-29(26-35(27-34)31-20-22-43-23-21-31)24-32-12-4-5-13-36(32)33-18-19-41-39-16-7-6-14-37(39)38-15-8-9-17-40(38)42(41)28-33/h1-22,25-28,43H,23-24H2. The van der Waals surface area contributed by atoms with Gasteiger partial charge in [-0.2, -0.15) is 0 Å². The van der Waals surface area contributed by atoms with Gasteiger partial charge < -0.3 is 5.32 Å². The topological polar surface area (TPSA) is 12.0 Å². The fraction of sp³-hybridized carbons (Fsp3) is 0.0476. The van der Waals surface area contributed by atoms with Crippen molar-refractivity contribution in [3.8, 4) is 22.3 Å². The summed E-state index contributed by atoms with van der Waals surface area (Å²) in [5, 5.41) is 11.1. The van der Waals surface area contributed by atoms with Crippen LogP contribution in [0.5, 0.6) is 0 Å². The molecular formula is C42H31N. The van der Waals surface area contributed by atoms with Gasteiger partial charge in [0, 0.05) is 6.54 Å². The summed E-state index contributed by atoms with van der Waals surface area (Å²) in [7, 11) is 0. The van der Waals surface area contributed by atoms with E-state index in [9.17, 15) is 0 Å². The molecule has 0 unspecified atom stereocenters. The van der Waals surface area contributed by atoms with E-state index in [1.165, 1.54) is 76.8 Å². The highest BCUT2D eigenvalue weighted by Crippen LogP contribution is 2.38. The van der Waals surface area contributed by atoms with Crippen LogP contribution in [0.25, 0.3) is 60.1 Å². The van der Waals surface area contributed by atoms with Gasteiger partial charge in [-0.3, -0.25) is 0 Å². The molecule has 1 N–H and O–H groups in total. The van der Waals surface area contributed by atoms with Crippen molar-refractivity contribution >= 4 is 37.9 Å². The van der Waals surface area contributed by atoms with Crippen LogP contribution in [-0.2, 0) is 6.42 Å². The molecular weight excluding hydrogens is 518 g/mol. The molecule has 1 heteroatoms. The number of fused-ring (bicyclic) bond motifs is 6. The molecule has 0 amide bonds. The zero-order valence-electron chi connectivity index (χ0n) is 23.9. The smallest absolute Gasteiger partial charge is 0.0334 e. The molecule has 204 valence electrons. The lowest BCUT2D eigenvalue weighted by atomic mass is 9.89. The molecule has 0 spiro atoms. The normalized spacial score (nSPS) is 12.9. The van der Waals surface area contributed by atoms with Crippen LogP contribution in [0.2, 0.25) is 0 Å². The van der Waals surface area contributed by atoms with Gasteiger partial charge in [0.25, 0.3) is 0 Å². The minimum Gasteiger partial charge on any atom is -0.387 e. The first kappa shape index (κ1) is 25.3. The van der Waals surface area contributed by atoms with Gasteiger partial charge in [-0.05, 0) is 108 Å². The minimum absolute atomic E-state index is 0.853. The van der Waals surface area contributed by atoms with Crippen LogP contribution in [0, 0.1) is 0 Å². The number of hydrogen-bond donors (Lipinski definition) is 1. The lowest BCUT2D eigenvalue weighted by molar-refractivity contribution is 0.975. The summed E-state index contributed by atoms with van der Waals surface area (Å²) in [6.07, 6.45) is 7.35. The van der Waals surface area contributed by atoms with E-state index >= 15 is 0 Å². The van der Waals surface area contributed by atoms with Gasteiger partial charge >= 0.3 is 0 Å². The maximum absolute atomic E-state index is 3.29. The highest BCUT2D eigenvalue weighted by Gasteiger charge is 2.13. The Bertz CT molecular complexity index is 2170. The Labute approximate surface area is 252 Å². The molecule has 0 aliphatic carbocycles. The van der Waals surface area contributed by atoms with Crippen molar-refractivity contribution < 1.29 is 0 Å². The van der Waals surface area contributed by atoms with Crippen LogP contribution in [0.15, 0.2) is 158 Å². The molecule has 0 aromatic heterocycles. The Morgan fingerprint density at radius 3 is 1.81 bits per heavy atom. The third-order valence-corrected chi connectivity index (χ3v) is 8.72. The van der Waals surface area contributed by atoms with Crippen molar-refractivity contribution in [3.05, 3.63) is 175 Å². The summed E-state index contributed by atoms with van der Waals surface area (Å²) >= 11 is 0. The molecule has 0 saturated heterocycles. The molecule has 7 aromatic carbocycles. The molecule has 0 fully saturated rings. The average molecular weight is 550 g/mol. The summed E-state index contributed by atoms with van der Waals surface area (Å²) in [5.41, 5.74) is 10.2. The van der Waals surface area contributed by atoms with Crippen molar-refractivity contribution in [3.63, 3.8) is 0 Å². The predicted octanol–water partition coefficient (Wildman–Crippen LogP) is 10.6. The van der Waals surface area contributed by atoms with Gasteiger partial charge in [0.1, 0.15) is 0 Å². The number of rotatable bonds is 5. The fourth-order valence-corrected chi connectivity index (χ4v) is 6.68. The van der Waals surface area contributed by atoms with Crippen molar-refractivity contribution in [2.75, 3.05) is 6.54 Å². The lowest BCUT2D eigenvalue weighted by Gasteiger charge is -2.16. The molecule has 7 aromatic rings. The number of dihydropyridines is 1. The zero-order valence-corrected chi connectivity index (χ0v) is 23.9. The summed E-state index contributed by atoms with van der Waals surface area (Å²) in [6.45, 7) is 0.853. The summed E-state index contributed by atoms with van der Waals surface area (Å²) in [5.74, 6) is 0. The number of allylic oxidation sites excluding steroid dienone is 2. The van der Waals surface area contributed by atoms with E-state index in [-0.39, 0.29) is 0 Å². The second-order valence-corrected chi connectivity index (χ2v) is 11.4. The third-order valence-electron chi connectivity index (χ3n) is 8.72. The average Bonchev–Trinajstić information content (AvgIpc) is 3.09. The van der Waals surface area contributed by atoms with Crippen LogP contribution in [0.3, 0.4) is 0 Å². The summed E-state index contributed by atoms with van der Waals surface area (Å²) < 4.78 is 0. The van der Waals surface area contributed by atoms with Crippen molar-refractivity contribution in [1.29, 1.82) is 0 Å². The van der Waals surface area contributed by atoms with Crippen LogP contribution in [-0.4, -0.2) is 6.54 Å². The molecule has 1 aliphatic heterocycles. The highest BCUT2D eigenvalue weighted by atomic mass is 14.8. The molecule has 43 heavy (non-hydrogen) atoms. The Morgan fingerprint density at radius 1 is 0.465 bits per heavy atom. The minimum atomic E-state index is 0.853. The maximum Gasteiger partial charge on any atom is 0.0334 e. The number of hydrogen-bond acceptors (Lipinski definition) is 1. The maximum atomic E-state index is 3.29. The first-order valence-electron chi connectivity index (χ1n) is 15.0. The quantitative estimate of drug-likeness (QED) is 0.211. The molecule has 1 aliphatic rings. The van der Waals surface area contributed by atoms with E-state index in [0.29, 0.717) is 0 Å². The molecule has 0 bridgehead atoms. The zero-order chi connectivity index (χ0) is 28.6. The summed E-state index contributed by atoms with van der Waals surface area (Å²) in [4.78, 5) is 0. The fourth-order valence-electron chi connectivity index (χ4n) is 6.68. The van der Waals surface area contributed by atoms with Crippen molar-refractivity contribution in [2.45, 2.75) is 6.42 Å². The first-order valence-corrected chi connectivity index (χ1v) is 15.0. The van der Waals surface area contributed by atoms with Gasteiger partial charge in [-0.15, -0.1) is 0 Å². The monoisotopic (exact) mass is 549 g/mol. The van der Waals surface area contributed by atoms with Crippen LogP contribution in [0.4, 0.5) is 0 Å². The Kier molecular flexibility index (Phi) is 6.35. The SMILES string of the molecule is C1=CC(c2cc(Cc3ccccc3-c3ccc4c5ccccc5c5ccccc5c4c3)cc(-c3ccccc3)c2)=CCN1. The predicted molar refractivity (Wildman–Crippen MR) is 184 cm³/mol. The van der Waals surface area contributed by atoms with Gasteiger partial charge in [-0.25, -0.2) is 0 Å². The van der Waals surface area contributed by atoms with Gasteiger partial charge in [0.2, 0.25) is 0 Å². The first-order chi connectivity index (χ1) is 21.3. The molecule has 0 atom stereocenters. The van der Waals surface area contributed by atoms with Crippen LogP contribution in [0.1, 0.15) is 16.7 Å². The van der Waals surface area contributed by atoms with Crippen molar-refractivity contribution in [2.24, 2.45) is 0 Å². The Morgan fingerprint density at radius 2 is 1.09 bits per heavy atom. The number of nitrogens with one attached hydrogen (secondary N) is 1. The van der Waals surface area contributed by atoms with E-state index in [1.807, 2.05) is 6.20 Å². The Balaban J connectivity index is 1.26. The van der Waals surface area contributed by atoms with Gasteiger partial charge in [-0.1, -0.05) is 133 Å². The lowest BCUT2D eigenvalue weighted by Crippen LogP contribution is -2.08. The molecule has 0 radical (unpaired) electrons. The van der Waals surface area contributed by atoms with Gasteiger partial charge in [0.15, 0.2) is 0 Å². The second-order valence-electron chi connectivity index (χ2n) is 11.4. The second kappa shape index (κ2) is 10.8. The largest absolute Gasteiger partial charge is 0.387 e. The summed E-state index contributed by atoms with van der Waals surface area (Å²) in [6, 6.07) is 51.3. The molecule has 0 saturated carbocycles. The van der Waals surface area contributed by atoms with Crippen LogP contribution < -0.4 is 5.32 Å².